The summed E-state index contributed by atoms with van der Waals surface area (Å²) in [6, 6.07) is 5.84. The van der Waals surface area contributed by atoms with Crippen LogP contribution in [0.5, 0.6) is 0 Å². The summed E-state index contributed by atoms with van der Waals surface area (Å²) in [6.45, 7) is 0.208. The first kappa shape index (κ1) is 12.3. The van der Waals surface area contributed by atoms with Gasteiger partial charge in [0.05, 0.1) is 11.0 Å². The highest BCUT2D eigenvalue weighted by atomic mass is 35.5. The maximum atomic E-state index is 10.8. The fourth-order valence-corrected chi connectivity index (χ4v) is 1.42. The number of hydrogen-bond acceptors (Lipinski definition) is 4. The summed E-state index contributed by atoms with van der Waals surface area (Å²) in [7, 11) is 0. The SMILES string of the molecule is Cl.O=C1N[C@H](c2cccc([N+](=O)[O-])c2)CO1. The monoisotopic (exact) mass is 244 g/mol. The van der Waals surface area contributed by atoms with E-state index in [1.807, 2.05) is 0 Å². The highest BCUT2D eigenvalue weighted by Gasteiger charge is 2.24. The smallest absolute Gasteiger partial charge is 0.407 e. The lowest BCUT2D eigenvalue weighted by atomic mass is 10.1. The molecule has 1 fully saturated rings. The molecule has 1 saturated heterocycles. The Kier molecular flexibility index (Phi) is 3.68. The lowest BCUT2D eigenvalue weighted by molar-refractivity contribution is -0.384. The lowest BCUT2D eigenvalue weighted by Crippen LogP contribution is -2.18. The first-order valence-electron chi connectivity index (χ1n) is 4.34. The zero-order valence-electron chi connectivity index (χ0n) is 8.08. The highest BCUT2D eigenvalue weighted by molar-refractivity contribution is 5.85. The second-order valence-electron chi connectivity index (χ2n) is 3.15. The maximum Gasteiger partial charge on any atom is 0.407 e. The third-order valence-corrected chi connectivity index (χ3v) is 2.16. The minimum Gasteiger partial charge on any atom is -0.447 e. The van der Waals surface area contributed by atoms with Crippen molar-refractivity contribution in [1.82, 2.24) is 5.32 Å². The molecule has 86 valence electrons. The number of alkyl carbamates (subject to hydrolysis) is 1. The third-order valence-electron chi connectivity index (χ3n) is 2.16. The second kappa shape index (κ2) is 4.80. The van der Waals surface area contributed by atoms with Crippen molar-refractivity contribution in [2.45, 2.75) is 6.04 Å². The zero-order chi connectivity index (χ0) is 10.8. The molecule has 0 radical (unpaired) electrons. The van der Waals surface area contributed by atoms with Crippen molar-refractivity contribution in [2.75, 3.05) is 6.61 Å². The molecule has 0 aromatic heterocycles. The average molecular weight is 245 g/mol. The molecule has 16 heavy (non-hydrogen) atoms. The van der Waals surface area contributed by atoms with Crippen molar-refractivity contribution in [3.63, 3.8) is 0 Å². The summed E-state index contributed by atoms with van der Waals surface area (Å²) in [4.78, 5) is 20.8. The van der Waals surface area contributed by atoms with Crippen LogP contribution in [-0.4, -0.2) is 17.6 Å². The predicted octanol–water partition coefficient (Wildman–Crippen LogP) is 1.80. The molecule has 1 heterocycles. The number of benzene rings is 1. The molecule has 0 aliphatic carbocycles. The molecule has 0 saturated carbocycles. The molecule has 7 heteroatoms. The molecule has 0 bridgehead atoms. The first-order valence-corrected chi connectivity index (χ1v) is 4.34. The van der Waals surface area contributed by atoms with Gasteiger partial charge in [-0.1, -0.05) is 12.1 Å². The Morgan fingerprint density at radius 1 is 1.50 bits per heavy atom. The highest BCUT2D eigenvalue weighted by Crippen LogP contribution is 2.22. The van der Waals surface area contributed by atoms with Crippen LogP contribution >= 0.6 is 12.4 Å². The number of cyclic esters (lactones) is 1. The van der Waals surface area contributed by atoms with E-state index in [1.165, 1.54) is 12.1 Å². The number of nitrogens with one attached hydrogen (secondary N) is 1. The van der Waals surface area contributed by atoms with Gasteiger partial charge < -0.3 is 10.1 Å². The molecule has 1 aliphatic rings. The second-order valence-corrected chi connectivity index (χ2v) is 3.15. The van der Waals surface area contributed by atoms with Crippen molar-refractivity contribution in [1.29, 1.82) is 0 Å². The van der Waals surface area contributed by atoms with Crippen LogP contribution in [0, 0.1) is 10.1 Å². The summed E-state index contributed by atoms with van der Waals surface area (Å²) in [6.07, 6.45) is -0.494. The summed E-state index contributed by atoms with van der Waals surface area (Å²) < 4.78 is 4.70. The predicted molar refractivity (Wildman–Crippen MR) is 57.6 cm³/mol. The maximum absolute atomic E-state index is 10.8. The number of rotatable bonds is 2. The fraction of sp³-hybridized carbons (Fsp3) is 0.222. The van der Waals surface area contributed by atoms with Crippen LogP contribution in [0.3, 0.4) is 0 Å². The van der Waals surface area contributed by atoms with Gasteiger partial charge in [0.1, 0.15) is 6.61 Å². The van der Waals surface area contributed by atoms with Crippen molar-refractivity contribution >= 4 is 24.2 Å². The van der Waals surface area contributed by atoms with E-state index < -0.39 is 11.0 Å². The molecular formula is C9H9ClN2O4. The largest absolute Gasteiger partial charge is 0.447 e. The molecule has 2 rings (SSSR count). The van der Waals surface area contributed by atoms with E-state index in [9.17, 15) is 14.9 Å². The summed E-state index contributed by atoms with van der Waals surface area (Å²) in [5.74, 6) is 0. The number of non-ortho nitro benzene ring substituents is 1. The van der Waals surface area contributed by atoms with E-state index in [-0.39, 0.29) is 30.7 Å². The van der Waals surface area contributed by atoms with Crippen LogP contribution in [0.1, 0.15) is 11.6 Å². The summed E-state index contributed by atoms with van der Waals surface area (Å²) in [5, 5.41) is 13.1. The van der Waals surface area contributed by atoms with Gasteiger partial charge >= 0.3 is 6.09 Å². The molecule has 1 N–H and O–H groups in total. The molecule has 6 nitrogen and oxygen atoms in total. The van der Waals surface area contributed by atoms with Crippen molar-refractivity contribution < 1.29 is 14.5 Å². The number of nitro benzene ring substituents is 1. The van der Waals surface area contributed by atoms with Crippen LogP contribution in [0.15, 0.2) is 24.3 Å². The number of carbonyl (C=O) groups excluding carboxylic acids is 1. The summed E-state index contributed by atoms with van der Waals surface area (Å²) >= 11 is 0. The molecule has 1 aromatic carbocycles. The van der Waals surface area contributed by atoms with E-state index in [2.05, 4.69) is 5.32 Å². The van der Waals surface area contributed by atoms with Gasteiger partial charge in [-0.3, -0.25) is 10.1 Å². The van der Waals surface area contributed by atoms with Gasteiger partial charge in [0.2, 0.25) is 0 Å². The topological polar surface area (TPSA) is 81.5 Å². The number of halogens is 1. The Morgan fingerprint density at radius 2 is 2.25 bits per heavy atom. The number of nitro groups is 1. The van der Waals surface area contributed by atoms with Crippen LogP contribution in [0.4, 0.5) is 10.5 Å². The van der Waals surface area contributed by atoms with Crippen LogP contribution < -0.4 is 5.32 Å². The van der Waals surface area contributed by atoms with E-state index >= 15 is 0 Å². The van der Waals surface area contributed by atoms with Gasteiger partial charge in [-0.2, -0.15) is 0 Å². The Labute approximate surface area is 97.2 Å². The molecule has 1 atom stereocenters. The van der Waals surface area contributed by atoms with Crippen LogP contribution in [0.2, 0.25) is 0 Å². The average Bonchev–Trinajstić information content (AvgIpc) is 2.65. The van der Waals surface area contributed by atoms with E-state index in [0.717, 1.165) is 0 Å². The van der Waals surface area contributed by atoms with Gasteiger partial charge in [-0.05, 0) is 5.56 Å². The minimum absolute atomic E-state index is 0. The summed E-state index contributed by atoms with van der Waals surface area (Å²) in [5.41, 5.74) is 0.684. The lowest BCUT2D eigenvalue weighted by Gasteiger charge is -2.06. The van der Waals surface area contributed by atoms with Crippen molar-refractivity contribution in [2.24, 2.45) is 0 Å². The molecular weight excluding hydrogens is 236 g/mol. The standard InChI is InChI=1S/C9H8N2O4.ClH/c12-9-10-8(5-15-9)6-2-1-3-7(4-6)11(13)14;/h1-4,8H,5H2,(H,10,12);1H/t8-;/m0./s1. The molecule has 1 amide bonds. The quantitative estimate of drug-likeness (QED) is 0.635. The third kappa shape index (κ3) is 2.40. The van der Waals surface area contributed by atoms with Crippen molar-refractivity contribution in [3.05, 3.63) is 39.9 Å². The number of hydrogen-bond donors (Lipinski definition) is 1. The number of amides is 1. The van der Waals surface area contributed by atoms with E-state index in [4.69, 9.17) is 4.74 Å². The van der Waals surface area contributed by atoms with Crippen molar-refractivity contribution in [3.8, 4) is 0 Å². The Balaban J connectivity index is 0.00000128. The van der Waals surface area contributed by atoms with E-state index in [0.29, 0.717) is 5.56 Å². The molecule has 1 aromatic rings. The Hall–Kier alpha value is -1.82. The normalized spacial score (nSPS) is 18.2. The number of nitrogens with zero attached hydrogens (tertiary/aromatic N) is 1. The minimum atomic E-state index is -0.494. The van der Waals surface area contributed by atoms with Gasteiger partial charge in [-0.15, -0.1) is 12.4 Å². The molecule has 0 unspecified atom stereocenters. The Bertz CT molecular complexity index is 424. The van der Waals surface area contributed by atoms with Gasteiger partial charge in [0.15, 0.2) is 0 Å². The van der Waals surface area contributed by atoms with E-state index in [1.54, 1.807) is 12.1 Å². The first-order chi connectivity index (χ1) is 7.16. The molecule has 1 aliphatic heterocycles. The van der Waals surface area contributed by atoms with Gasteiger partial charge in [0, 0.05) is 12.1 Å². The zero-order valence-corrected chi connectivity index (χ0v) is 8.90. The number of carbonyl (C=O) groups is 1. The van der Waals surface area contributed by atoms with Crippen LogP contribution in [0.25, 0.3) is 0 Å². The Morgan fingerprint density at radius 3 is 2.81 bits per heavy atom. The van der Waals surface area contributed by atoms with Gasteiger partial charge in [0.25, 0.3) is 5.69 Å². The van der Waals surface area contributed by atoms with Crippen LogP contribution in [-0.2, 0) is 4.74 Å². The number of ether oxygens (including phenoxy) is 1. The fourth-order valence-electron chi connectivity index (χ4n) is 1.42. The van der Waals surface area contributed by atoms with Gasteiger partial charge in [-0.25, -0.2) is 4.79 Å². The molecule has 0 spiro atoms.